The molecular weight excluding hydrogens is 392 g/mol. The quantitative estimate of drug-likeness (QED) is 0.628. The molecule has 0 spiro atoms. The van der Waals surface area contributed by atoms with Crippen LogP contribution in [0.3, 0.4) is 0 Å². The Kier molecular flexibility index (Phi) is 6.54. The molecule has 8 nitrogen and oxygen atoms in total. The molecule has 8 heteroatoms. The number of benzene rings is 1. The van der Waals surface area contributed by atoms with Gasteiger partial charge in [0.2, 0.25) is 11.9 Å². The van der Waals surface area contributed by atoms with Crippen LogP contribution in [0.2, 0.25) is 0 Å². The van der Waals surface area contributed by atoms with Gasteiger partial charge in [-0.1, -0.05) is 0 Å². The van der Waals surface area contributed by atoms with Gasteiger partial charge in [0.15, 0.2) is 0 Å². The second-order valence-electron chi connectivity index (χ2n) is 7.74. The first kappa shape index (κ1) is 21.0. The van der Waals surface area contributed by atoms with Crippen molar-refractivity contribution in [3.63, 3.8) is 0 Å². The zero-order chi connectivity index (χ0) is 21.6. The number of amides is 1. The summed E-state index contributed by atoms with van der Waals surface area (Å²) in [6, 6.07) is 5.90. The monoisotopic (exact) mass is 420 g/mol. The Morgan fingerprint density at radius 1 is 1.29 bits per heavy atom. The molecule has 1 atom stereocenters. The smallest absolute Gasteiger partial charge is 0.226 e. The van der Waals surface area contributed by atoms with Gasteiger partial charge in [0.05, 0.1) is 29.4 Å². The Labute approximate surface area is 182 Å². The highest BCUT2D eigenvalue weighted by atomic mass is 16.5. The zero-order valence-corrected chi connectivity index (χ0v) is 18.0. The lowest BCUT2D eigenvalue weighted by Crippen LogP contribution is -2.44. The van der Waals surface area contributed by atoms with Crippen LogP contribution in [0.4, 0.5) is 5.95 Å². The molecule has 1 saturated heterocycles. The van der Waals surface area contributed by atoms with E-state index in [9.17, 15) is 4.79 Å². The summed E-state index contributed by atoms with van der Waals surface area (Å²) in [6.45, 7) is 6.62. The number of hydrogen-bond acceptors (Lipinski definition) is 7. The number of carbonyl (C=O) groups excluding carboxylic acids is 1. The van der Waals surface area contributed by atoms with Crippen molar-refractivity contribution in [2.24, 2.45) is 5.92 Å². The summed E-state index contributed by atoms with van der Waals surface area (Å²) >= 11 is 0. The van der Waals surface area contributed by atoms with Crippen molar-refractivity contribution in [1.82, 2.24) is 25.3 Å². The molecule has 0 unspecified atom stereocenters. The molecular formula is C23H28N6O2. The highest BCUT2D eigenvalue weighted by molar-refractivity contribution is 5.83. The maximum absolute atomic E-state index is 12.7. The lowest BCUT2D eigenvalue weighted by atomic mass is 9.97. The SMILES string of the molecule is CCOc1ccc2nc(N3CCC[C@H](C(=O)NCCc4cnccn4)C3)nc(C)c2c1. The molecule has 0 radical (unpaired) electrons. The van der Waals surface area contributed by atoms with Gasteiger partial charge in [-0.05, 0) is 44.9 Å². The van der Waals surface area contributed by atoms with E-state index >= 15 is 0 Å². The second-order valence-corrected chi connectivity index (χ2v) is 7.74. The fraction of sp³-hybridized carbons (Fsp3) is 0.435. The van der Waals surface area contributed by atoms with Gasteiger partial charge in [0.25, 0.3) is 0 Å². The van der Waals surface area contributed by atoms with Crippen LogP contribution in [0.1, 0.15) is 31.2 Å². The number of rotatable bonds is 7. The van der Waals surface area contributed by atoms with E-state index in [1.165, 1.54) is 0 Å². The molecule has 0 bridgehead atoms. The van der Waals surface area contributed by atoms with Gasteiger partial charge in [-0.15, -0.1) is 0 Å². The Morgan fingerprint density at radius 3 is 3.00 bits per heavy atom. The zero-order valence-electron chi connectivity index (χ0n) is 18.0. The second kappa shape index (κ2) is 9.68. The maximum atomic E-state index is 12.7. The fourth-order valence-electron chi connectivity index (χ4n) is 3.93. The number of nitrogens with one attached hydrogen (secondary N) is 1. The van der Waals surface area contributed by atoms with Gasteiger partial charge in [0, 0.05) is 50.0 Å². The molecule has 4 rings (SSSR count). The molecule has 1 aromatic carbocycles. The minimum Gasteiger partial charge on any atom is -0.494 e. The van der Waals surface area contributed by atoms with E-state index in [1.807, 2.05) is 32.0 Å². The van der Waals surface area contributed by atoms with Crippen LogP contribution in [-0.2, 0) is 11.2 Å². The van der Waals surface area contributed by atoms with Crippen LogP contribution in [0, 0.1) is 12.8 Å². The van der Waals surface area contributed by atoms with Crippen LogP contribution in [0.15, 0.2) is 36.8 Å². The lowest BCUT2D eigenvalue weighted by molar-refractivity contribution is -0.125. The topological polar surface area (TPSA) is 93.1 Å². The molecule has 162 valence electrons. The van der Waals surface area contributed by atoms with E-state index in [2.05, 4.69) is 20.2 Å². The molecule has 0 aliphatic carbocycles. The van der Waals surface area contributed by atoms with Crippen LogP contribution in [0.25, 0.3) is 10.9 Å². The number of hydrogen-bond donors (Lipinski definition) is 1. The van der Waals surface area contributed by atoms with Crippen molar-refractivity contribution in [2.75, 3.05) is 31.1 Å². The molecule has 1 amide bonds. The van der Waals surface area contributed by atoms with Crippen molar-refractivity contribution in [3.05, 3.63) is 48.2 Å². The van der Waals surface area contributed by atoms with Gasteiger partial charge in [-0.3, -0.25) is 14.8 Å². The highest BCUT2D eigenvalue weighted by Gasteiger charge is 2.27. The summed E-state index contributed by atoms with van der Waals surface area (Å²) in [4.78, 5) is 32.6. The van der Waals surface area contributed by atoms with Crippen LogP contribution >= 0.6 is 0 Å². The summed E-state index contributed by atoms with van der Waals surface area (Å²) in [7, 11) is 0. The Bertz CT molecular complexity index is 1040. The molecule has 2 aromatic heterocycles. The summed E-state index contributed by atoms with van der Waals surface area (Å²) in [5.41, 5.74) is 2.68. The molecule has 1 N–H and O–H groups in total. The number of aryl methyl sites for hydroxylation is 1. The molecule has 3 aromatic rings. The first-order valence-electron chi connectivity index (χ1n) is 10.8. The van der Waals surface area contributed by atoms with Gasteiger partial charge < -0.3 is 15.0 Å². The number of ether oxygens (including phenoxy) is 1. The average molecular weight is 421 g/mol. The van der Waals surface area contributed by atoms with Crippen molar-refractivity contribution in [1.29, 1.82) is 0 Å². The van der Waals surface area contributed by atoms with E-state index in [1.54, 1.807) is 18.6 Å². The number of nitrogens with zero attached hydrogens (tertiary/aromatic N) is 5. The third-order valence-corrected chi connectivity index (χ3v) is 5.53. The Hall–Kier alpha value is -3.29. The van der Waals surface area contributed by atoms with Gasteiger partial charge in [0.1, 0.15) is 5.75 Å². The molecule has 1 aliphatic heterocycles. The van der Waals surface area contributed by atoms with Crippen LogP contribution in [-0.4, -0.2) is 52.1 Å². The molecule has 0 saturated carbocycles. The van der Waals surface area contributed by atoms with E-state index in [0.717, 1.165) is 47.4 Å². The van der Waals surface area contributed by atoms with E-state index in [-0.39, 0.29) is 11.8 Å². The number of carbonyl (C=O) groups is 1. The van der Waals surface area contributed by atoms with Gasteiger partial charge in [-0.2, -0.15) is 0 Å². The van der Waals surface area contributed by atoms with Gasteiger partial charge >= 0.3 is 0 Å². The molecule has 1 aliphatic rings. The summed E-state index contributed by atoms with van der Waals surface area (Å²) in [5.74, 6) is 1.51. The Balaban J connectivity index is 1.41. The summed E-state index contributed by atoms with van der Waals surface area (Å²) in [5, 5.41) is 4.03. The van der Waals surface area contributed by atoms with Crippen molar-refractivity contribution in [2.45, 2.75) is 33.1 Å². The van der Waals surface area contributed by atoms with E-state index in [4.69, 9.17) is 14.7 Å². The largest absolute Gasteiger partial charge is 0.494 e. The standard InChI is InChI=1S/C23H28N6O2/c1-3-31-19-6-7-21-20(13-19)16(2)27-23(28-21)29-12-4-5-17(15-29)22(30)26-9-8-18-14-24-10-11-25-18/h6-7,10-11,13-14,17H,3-5,8-9,12,15H2,1-2H3,(H,26,30)/t17-/m0/s1. The Morgan fingerprint density at radius 2 is 2.19 bits per heavy atom. The fourth-order valence-corrected chi connectivity index (χ4v) is 3.93. The first-order chi connectivity index (χ1) is 15.1. The van der Waals surface area contributed by atoms with Crippen molar-refractivity contribution < 1.29 is 9.53 Å². The molecule has 1 fully saturated rings. The predicted molar refractivity (Wildman–Crippen MR) is 119 cm³/mol. The summed E-state index contributed by atoms with van der Waals surface area (Å²) < 4.78 is 5.60. The minimum absolute atomic E-state index is 0.0736. The van der Waals surface area contributed by atoms with Crippen LogP contribution in [0.5, 0.6) is 5.75 Å². The van der Waals surface area contributed by atoms with Crippen molar-refractivity contribution >= 4 is 22.8 Å². The van der Waals surface area contributed by atoms with E-state index < -0.39 is 0 Å². The number of aromatic nitrogens is 4. The predicted octanol–water partition coefficient (Wildman–Crippen LogP) is 2.70. The lowest BCUT2D eigenvalue weighted by Gasteiger charge is -2.32. The van der Waals surface area contributed by atoms with Gasteiger partial charge in [-0.25, -0.2) is 9.97 Å². The number of piperidine rings is 1. The molecule has 31 heavy (non-hydrogen) atoms. The summed E-state index contributed by atoms with van der Waals surface area (Å²) in [6.07, 6.45) is 7.52. The average Bonchev–Trinajstić information content (AvgIpc) is 2.80. The third kappa shape index (κ3) is 5.07. The van der Waals surface area contributed by atoms with Crippen molar-refractivity contribution in [3.8, 4) is 5.75 Å². The maximum Gasteiger partial charge on any atom is 0.226 e. The molecule has 3 heterocycles. The number of anilines is 1. The minimum atomic E-state index is -0.0736. The number of fused-ring (bicyclic) bond motifs is 1. The normalized spacial score (nSPS) is 16.3. The van der Waals surface area contributed by atoms with Crippen LogP contribution < -0.4 is 15.0 Å². The third-order valence-electron chi connectivity index (χ3n) is 5.53. The first-order valence-corrected chi connectivity index (χ1v) is 10.8. The van der Waals surface area contributed by atoms with E-state index in [0.29, 0.717) is 32.1 Å². The highest BCUT2D eigenvalue weighted by Crippen LogP contribution is 2.26.